The number of ether oxygens (including phenoxy) is 6. The Morgan fingerprint density at radius 3 is 1.90 bits per heavy atom. The fourth-order valence-corrected chi connectivity index (χ4v) is 9.84. The maximum atomic E-state index is 13.6. The van der Waals surface area contributed by atoms with E-state index in [2.05, 4.69) is 45.4 Å². The van der Waals surface area contributed by atoms with Crippen LogP contribution in [0.2, 0.25) is 0 Å². The predicted molar refractivity (Wildman–Crippen MR) is 319 cm³/mol. The number of amides is 2. The lowest BCUT2D eigenvalue weighted by Gasteiger charge is -2.35. The van der Waals surface area contributed by atoms with E-state index in [0.29, 0.717) is 84.0 Å². The number of hydrogen-bond donors (Lipinski definition) is 3. The number of nitrogens with two attached hydrogens (primary N) is 1. The second-order valence-corrected chi connectivity index (χ2v) is 20.2. The Hall–Kier alpha value is -6.14. The van der Waals surface area contributed by atoms with Gasteiger partial charge >= 0.3 is 18.4 Å². The standard InChI is InChI=1S/C28H28F3N5O4.C16H14F3N3.C10H15N3O3.4H2S/c1-27(2)39-16-21(40-27)15-38-20-8-10-32-24(13-20)34-26(37)36-19-9-11-35(14-19)23-7-6-22(33-25(23)36)17-4-3-5-18(12-17)28(29,30)31;17-16(18,19)11-3-1-2-10(8-11)13-4-5-14-15(21-13)20-12-6-7-22(14)9-12;1-10(2)15-6-7(16-10)5-14-9-4-12-3-8(11)13-9;;;;/h3-8,10,12-13,19,21H,9,11,14-16H2,1-2H3,(H,32,34,37);1-5,8,12H,6-7,9H2,(H,20,21);3-4,7H,5-6H2,1-2H3,(H2,11,13);4*1H2/t19-,21-;12-;7-;;;;/m000..../s1. The molecule has 6 aromatic rings. The lowest BCUT2D eigenvalue weighted by molar-refractivity contribution is -0.141. The number of anilines is 6. The molecule has 444 valence electrons. The highest BCUT2D eigenvalue weighted by Crippen LogP contribution is 2.42. The van der Waals surface area contributed by atoms with Crippen LogP contribution in [0.5, 0.6) is 11.6 Å². The Morgan fingerprint density at radius 2 is 1.30 bits per heavy atom. The first-order valence-corrected chi connectivity index (χ1v) is 25.3. The number of carbonyl (C=O) groups excluding carboxylic acids is 1. The van der Waals surface area contributed by atoms with Crippen LogP contribution in [0.4, 0.5) is 65.8 Å². The molecule has 4 aromatic heterocycles. The lowest BCUT2D eigenvalue weighted by atomic mass is 10.1. The van der Waals surface area contributed by atoms with Crippen LogP contribution < -0.4 is 40.5 Å². The van der Waals surface area contributed by atoms with Gasteiger partial charge in [0.1, 0.15) is 42.8 Å². The van der Waals surface area contributed by atoms with E-state index >= 15 is 0 Å². The Kier molecular flexibility index (Phi) is 21.1. The number of aromatic nitrogens is 5. The minimum atomic E-state index is -4.47. The minimum Gasteiger partial charge on any atom is -0.491 e. The zero-order chi connectivity index (χ0) is 55.0. The zero-order valence-electron chi connectivity index (χ0n) is 45.0. The van der Waals surface area contributed by atoms with E-state index in [1.165, 1.54) is 30.7 Å². The summed E-state index contributed by atoms with van der Waals surface area (Å²) in [7, 11) is 0. The molecule has 0 spiro atoms. The molecule has 12 rings (SSSR count). The highest BCUT2D eigenvalue weighted by molar-refractivity contribution is 7.59. The van der Waals surface area contributed by atoms with Gasteiger partial charge in [-0.3, -0.25) is 15.2 Å². The minimum absolute atomic E-state index is 0. The first-order valence-electron chi connectivity index (χ1n) is 25.3. The molecule has 0 saturated carbocycles. The van der Waals surface area contributed by atoms with Gasteiger partial charge in [0.2, 0.25) is 5.88 Å². The molecule has 6 aliphatic rings. The van der Waals surface area contributed by atoms with Gasteiger partial charge in [0.15, 0.2) is 23.2 Å². The number of alkyl halides is 6. The molecule has 4 atom stereocenters. The quantitative estimate of drug-likeness (QED) is 0.116. The van der Waals surface area contributed by atoms with Crippen molar-refractivity contribution < 1.29 is 59.6 Å². The molecule has 10 heterocycles. The van der Waals surface area contributed by atoms with Gasteiger partial charge in [-0.1, -0.05) is 24.3 Å². The summed E-state index contributed by atoms with van der Waals surface area (Å²) in [4.78, 5) is 40.9. The second kappa shape index (κ2) is 26.6. The molecule has 0 radical (unpaired) electrons. The molecule has 28 heteroatoms. The van der Waals surface area contributed by atoms with Crippen molar-refractivity contribution in [2.24, 2.45) is 0 Å². The van der Waals surface area contributed by atoms with Crippen LogP contribution in [0.25, 0.3) is 22.5 Å². The number of benzene rings is 2. The molecule has 0 aliphatic carbocycles. The van der Waals surface area contributed by atoms with Crippen LogP contribution in [0.15, 0.2) is 104 Å². The zero-order valence-corrected chi connectivity index (χ0v) is 49.0. The number of rotatable bonds is 9. The molecule has 2 amide bonds. The first-order chi connectivity index (χ1) is 37.1. The van der Waals surface area contributed by atoms with Crippen molar-refractivity contribution in [3.63, 3.8) is 0 Å². The molecule has 18 nitrogen and oxygen atoms in total. The van der Waals surface area contributed by atoms with E-state index < -0.39 is 41.1 Å². The fraction of sp³-hybridized carbons (Fsp3) is 0.407. The van der Waals surface area contributed by atoms with Crippen LogP contribution in [0, 0.1) is 0 Å². The summed E-state index contributed by atoms with van der Waals surface area (Å²) < 4.78 is 112. The summed E-state index contributed by atoms with van der Waals surface area (Å²) in [6, 6.07) is 20.6. The number of hydrogen-bond acceptors (Lipinski definition) is 16. The van der Waals surface area contributed by atoms with Crippen molar-refractivity contribution in [2.75, 3.05) is 83.7 Å². The third kappa shape index (κ3) is 15.7. The van der Waals surface area contributed by atoms with Crippen molar-refractivity contribution >= 4 is 94.7 Å². The van der Waals surface area contributed by atoms with Gasteiger partial charge in [0.05, 0.1) is 65.5 Å². The van der Waals surface area contributed by atoms with E-state index in [0.717, 1.165) is 73.9 Å². The van der Waals surface area contributed by atoms with Gasteiger partial charge in [0.25, 0.3) is 0 Å². The summed E-state index contributed by atoms with van der Waals surface area (Å²) in [5.41, 5.74) is 7.55. The second-order valence-electron chi connectivity index (χ2n) is 20.2. The van der Waals surface area contributed by atoms with Gasteiger partial charge in [0, 0.05) is 55.6 Å². The third-order valence-electron chi connectivity index (χ3n) is 13.5. The molecule has 82 heavy (non-hydrogen) atoms. The molecule has 4 N–H and O–H groups in total. The number of carbonyl (C=O) groups is 1. The first kappa shape index (κ1) is 65.0. The summed E-state index contributed by atoms with van der Waals surface area (Å²) in [5, 5.41) is 6.21. The van der Waals surface area contributed by atoms with Crippen LogP contribution in [-0.4, -0.2) is 119 Å². The molecule has 4 saturated heterocycles. The number of fused-ring (bicyclic) bond motifs is 8. The van der Waals surface area contributed by atoms with Gasteiger partial charge < -0.3 is 49.3 Å². The van der Waals surface area contributed by atoms with E-state index in [-0.39, 0.29) is 78.8 Å². The molecule has 4 fully saturated rings. The van der Waals surface area contributed by atoms with Gasteiger partial charge in [-0.05, 0) is 95.1 Å². The van der Waals surface area contributed by atoms with Crippen molar-refractivity contribution in [1.82, 2.24) is 24.9 Å². The predicted octanol–water partition coefficient (Wildman–Crippen LogP) is 10.1. The fourth-order valence-electron chi connectivity index (χ4n) is 9.84. The van der Waals surface area contributed by atoms with Gasteiger partial charge in [-0.15, -0.1) is 0 Å². The van der Waals surface area contributed by atoms with Crippen molar-refractivity contribution in [3.8, 4) is 34.1 Å². The molecule has 2 aromatic carbocycles. The Labute approximate surface area is 498 Å². The highest BCUT2D eigenvalue weighted by atomic mass is 32.1. The SMILES string of the molecule is CC1(C)OC[C@H](COc2ccnc(NC(=O)N3c4nc(-c5cccc(C(F)(F)F)c5)ccc4N4CC[C@H]3C4)c2)O1.CC1(C)OC[C@H](COc2cncc(N)n2)O1.FC(F)(F)c1cccc(-c2ccc3c(n2)N[C@H]2CCN3C2)c1.S.S.S.S. The van der Waals surface area contributed by atoms with Gasteiger partial charge in [-0.2, -0.15) is 85.3 Å². The van der Waals surface area contributed by atoms with Crippen LogP contribution in [0.1, 0.15) is 51.7 Å². The van der Waals surface area contributed by atoms with E-state index in [1.54, 1.807) is 41.3 Å². The van der Waals surface area contributed by atoms with Crippen molar-refractivity contribution in [2.45, 2.75) is 88.8 Å². The molecule has 0 unspecified atom stereocenters. The van der Waals surface area contributed by atoms with Crippen LogP contribution in [0.3, 0.4) is 0 Å². The number of nitrogens with one attached hydrogen (secondary N) is 2. The molecule has 4 bridgehead atoms. The van der Waals surface area contributed by atoms with Gasteiger partial charge in [-0.25, -0.2) is 19.7 Å². The van der Waals surface area contributed by atoms with E-state index in [4.69, 9.17) is 34.2 Å². The number of pyridine rings is 3. The summed E-state index contributed by atoms with van der Waals surface area (Å²) in [5.74, 6) is 1.51. The summed E-state index contributed by atoms with van der Waals surface area (Å²) in [6.45, 7) is 12.4. The maximum Gasteiger partial charge on any atom is 0.416 e. The third-order valence-corrected chi connectivity index (χ3v) is 13.5. The van der Waals surface area contributed by atoms with Crippen LogP contribution >= 0.6 is 54.0 Å². The average molecular weight is 1220 g/mol. The Bertz CT molecular complexity index is 3160. The van der Waals surface area contributed by atoms with Crippen molar-refractivity contribution in [3.05, 3.63) is 115 Å². The Morgan fingerprint density at radius 1 is 0.720 bits per heavy atom. The van der Waals surface area contributed by atoms with Crippen molar-refractivity contribution in [1.29, 1.82) is 0 Å². The number of nitrogen functional groups attached to an aromatic ring is 1. The largest absolute Gasteiger partial charge is 0.491 e. The van der Waals surface area contributed by atoms with E-state index in [1.807, 2.05) is 39.8 Å². The Balaban J connectivity index is 0.000000217. The normalized spacial score (nSPS) is 20.2. The lowest BCUT2D eigenvalue weighted by Crippen LogP contribution is -2.48. The number of nitrogens with zero attached hydrogens (tertiary/aromatic N) is 8. The van der Waals surface area contributed by atoms with Crippen LogP contribution in [-0.2, 0) is 31.3 Å². The summed E-state index contributed by atoms with van der Waals surface area (Å²) in [6.07, 6.45) is -2.80. The molecular formula is C54H65F6N11O7S4. The average Bonchev–Trinajstić information content (AvgIpc) is 4.34. The topological polar surface area (TPSA) is 197 Å². The summed E-state index contributed by atoms with van der Waals surface area (Å²) >= 11 is 0. The smallest absolute Gasteiger partial charge is 0.416 e. The monoisotopic (exact) mass is 1220 g/mol. The maximum absolute atomic E-state index is 13.6. The highest BCUT2D eigenvalue weighted by Gasteiger charge is 2.41. The van der Waals surface area contributed by atoms with E-state index in [9.17, 15) is 31.1 Å². The molecular weight excluding hydrogens is 1160 g/mol. The number of halogens is 6. The molecule has 6 aliphatic heterocycles. The number of urea groups is 1.